The molecule has 0 radical (unpaired) electrons. The average Bonchev–Trinajstić information content (AvgIpc) is 2.73. The zero-order chi connectivity index (χ0) is 19.9. The van der Waals surface area contributed by atoms with Crippen molar-refractivity contribution in [1.29, 1.82) is 0 Å². The molecule has 2 aliphatic heterocycles. The van der Waals surface area contributed by atoms with Gasteiger partial charge in [0.1, 0.15) is 0 Å². The molecular weight excluding hydrogens is 350 g/mol. The number of carbonyl (C=O) groups is 2. The number of hydrogen-bond donors (Lipinski definition) is 1. The summed E-state index contributed by atoms with van der Waals surface area (Å²) in [6.07, 6.45) is 6.92. The largest absolute Gasteiger partial charge is 0.343 e. The Labute approximate surface area is 169 Å². The van der Waals surface area contributed by atoms with Gasteiger partial charge in [-0.05, 0) is 62.8 Å². The molecule has 1 atom stereocenters. The summed E-state index contributed by atoms with van der Waals surface area (Å²) in [5.41, 5.74) is 7.10. The van der Waals surface area contributed by atoms with E-state index in [0.29, 0.717) is 24.2 Å². The maximum atomic E-state index is 12.6. The van der Waals surface area contributed by atoms with E-state index in [4.69, 9.17) is 5.73 Å². The Kier molecular flexibility index (Phi) is 7.49. The highest BCUT2D eigenvalue weighted by Crippen LogP contribution is 2.25. The van der Waals surface area contributed by atoms with Gasteiger partial charge in [0.15, 0.2) is 0 Å². The van der Waals surface area contributed by atoms with E-state index in [2.05, 4.69) is 35.2 Å². The lowest BCUT2D eigenvalue weighted by Gasteiger charge is -2.34. The van der Waals surface area contributed by atoms with Gasteiger partial charge in [0.25, 0.3) is 0 Å². The molecule has 0 saturated carbocycles. The predicted molar refractivity (Wildman–Crippen MR) is 112 cm³/mol. The van der Waals surface area contributed by atoms with Crippen LogP contribution < -0.4 is 5.73 Å². The van der Waals surface area contributed by atoms with Crippen LogP contribution in [0.25, 0.3) is 0 Å². The molecular formula is C23H35N3O2. The van der Waals surface area contributed by atoms with Crippen molar-refractivity contribution >= 4 is 11.8 Å². The Morgan fingerprint density at radius 1 is 0.964 bits per heavy atom. The molecule has 2 heterocycles. The van der Waals surface area contributed by atoms with Crippen molar-refractivity contribution in [3.8, 4) is 0 Å². The van der Waals surface area contributed by atoms with Gasteiger partial charge in [-0.2, -0.15) is 0 Å². The smallest absolute Gasteiger partial charge is 0.239 e. The summed E-state index contributed by atoms with van der Waals surface area (Å²) < 4.78 is 0. The number of rotatable bonds is 6. The van der Waals surface area contributed by atoms with Crippen LogP contribution >= 0.6 is 0 Å². The molecule has 1 aromatic carbocycles. The molecule has 1 aromatic rings. The normalized spacial score (nSPS) is 20.2. The van der Waals surface area contributed by atoms with Crippen LogP contribution in [0.1, 0.15) is 51.0 Å². The van der Waals surface area contributed by atoms with Gasteiger partial charge in [0, 0.05) is 32.6 Å². The number of nitrogens with two attached hydrogens (primary N) is 1. The molecule has 5 heteroatoms. The summed E-state index contributed by atoms with van der Waals surface area (Å²) in [6, 6.07) is 10.2. The van der Waals surface area contributed by atoms with Crippen LogP contribution in [-0.4, -0.2) is 53.8 Å². The highest BCUT2D eigenvalue weighted by atomic mass is 16.2. The predicted octanol–water partition coefficient (Wildman–Crippen LogP) is 2.83. The first-order chi connectivity index (χ1) is 13.5. The third kappa shape index (κ3) is 5.81. The second-order valence-corrected chi connectivity index (χ2v) is 8.61. The van der Waals surface area contributed by atoms with Crippen molar-refractivity contribution < 1.29 is 9.59 Å². The summed E-state index contributed by atoms with van der Waals surface area (Å²) in [5, 5.41) is 0. The number of likely N-dealkylation sites (tertiary alicyclic amines) is 2. The van der Waals surface area contributed by atoms with Crippen LogP contribution in [0.4, 0.5) is 0 Å². The van der Waals surface area contributed by atoms with Crippen LogP contribution in [0.15, 0.2) is 30.3 Å². The minimum Gasteiger partial charge on any atom is -0.343 e. The summed E-state index contributed by atoms with van der Waals surface area (Å²) in [5.74, 6) is 1.61. The van der Waals surface area contributed by atoms with E-state index in [-0.39, 0.29) is 5.91 Å². The maximum Gasteiger partial charge on any atom is 0.239 e. The molecule has 3 rings (SSSR count). The molecule has 154 valence electrons. The van der Waals surface area contributed by atoms with Crippen LogP contribution in [-0.2, 0) is 16.0 Å². The van der Waals surface area contributed by atoms with Crippen LogP contribution in [0.5, 0.6) is 0 Å². The highest BCUT2D eigenvalue weighted by Gasteiger charge is 2.26. The van der Waals surface area contributed by atoms with E-state index >= 15 is 0 Å². The van der Waals surface area contributed by atoms with Gasteiger partial charge < -0.3 is 15.5 Å². The minimum absolute atomic E-state index is 0.0490. The van der Waals surface area contributed by atoms with E-state index in [0.717, 1.165) is 64.7 Å². The Morgan fingerprint density at radius 3 is 2.14 bits per heavy atom. The first-order valence-corrected chi connectivity index (χ1v) is 10.9. The van der Waals surface area contributed by atoms with Gasteiger partial charge in [0.2, 0.25) is 11.8 Å². The van der Waals surface area contributed by atoms with Crippen molar-refractivity contribution in [3.05, 3.63) is 35.9 Å². The van der Waals surface area contributed by atoms with Crippen LogP contribution in [0.3, 0.4) is 0 Å². The fraction of sp³-hybridized carbons (Fsp3) is 0.652. The molecule has 0 aromatic heterocycles. The lowest BCUT2D eigenvalue weighted by atomic mass is 9.89. The number of amides is 2. The molecule has 0 aliphatic carbocycles. The van der Waals surface area contributed by atoms with Crippen LogP contribution in [0.2, 0.25) is 0 Å². The quantitative estimate of drug-likeness (QED) is 0.819. The highest BCUT2D eigenvalue weighted by molar-refractivity contribution is 5.81. The molecule has 0 spiro atoms. The Morgan fingerprint density at radius 2 is 1.54 bits per heavy atom. The van der Waals surface area contributed by atoms with E-state index in [1.54, 1.807) is 6.92 Å². The molecule has 0 bridgehead atoms. The SMILES string of the molecule is CC(N)C(=O)N1CCC(CCC(=O)N2CCC(Cc3ccccc3)CC2)CC1. The molecule has 2 N–H and O–H groups in total. The Bertz CT molecular complexity index is 631. The molecule has 2 saturated heterocycles. The van der Waals surface area contributed by atoms with Gasteiger partial charge in [-0.1, -0.05) is 30.3 Å². The molecule has 2 aliphatic rings. The van der Waals surface area contributed by atoms with E-state index in [1.807, 2.05) is 4.90 Å². The van der Waals surface area contributed by atoms with Crippen molar-refractivity contribution in [2.24, 2.45) is 17.6 Å². The Hall–Kier alpha value is -1.88. The van der Waals surface area contributed by atoms with Crippen molar-refractivity contribution in [2.75, 3.05) is 26.2 Å². The first kappa shape index (κ1) is 20.8. The van der Waals surface area contributed by atoms with Gasteiger partial charge in [-0.25, -0.2) is 0 Å². The zero-order valence-corrected chi connectivity index (χ0v) is 17.2. The van der Waals surface area contributed by atoms with Crippen molar-refractivity contribution in [2.45, 2.75) is 57.9 Å². The molecule has 5 nitrogen and oxygen atoms in total. The number of carbonyl (C=O) groups excluding carboxylic acids is 2. The fourth-order valence-corrected chi connectivity index (χ4v) is 4.55. The third-order valence-corrected chi connectivity index (χ3v) is 6.42. The van der Waals surface area contributed by atoms with Gasteiger partial charge in [0.05, 0.1) is 6.04 Å². The standard InChI is InChI=1S/C23H35N3O2/c1-18(24)23(28)26-15-9-19(10-16-26)7-8-22(27)25-13-11-21(12-14-25)17-20-5-3-2-4-6-20/h2-6,18-19,21H,7-17,24H2,1H3. The average molecular weight is 386 g/mol. The van der Waals surface area contributed by atoms with E-state index < -0.39 is 6.04 Å². The lowest BCUT2D eigenvalue weighted by molar-refractivity contribution is -0.135. The molecule has 2 amide bonds. The number of hydrogen-bond acceptors (Lipinski definition) is 3. The van der Waals surface area contributed by atoms with Crippen molar-refractivity contribution in [3.63, 3.8) is 0 Å². The van der Waals surface area contributed by atoms with Crippen LogP contribution in [0, 0.1) is 11.8 Å². The minimum atomic E-state index is -0.414. The molecule has 2 fully saturated rings. The summed E-state index contributed by atoms with van der Waals surface area (Å²) in [4.78, 5) is 28.5. The second-order valence-electron chi connectivity index (χ2n) is 8.61. The number of nitrogens with zero attached hydrogens (tertiary/aromatic N) is 2. The van der Waals surface area contributed by atoms with Gasteiger partial charge >= 0.3 is 0 Å². The van der Waals surface area contributed by atoms with Gasteiger partial charge in [-0.3, -0.25) is 9.59 Å². The van der Waals surface area contributed by atoms with E-state index in [1.165, 1.54) is 5.56 Å². The Balaban J connectivity index is 1.33. The molecule has 1 unspecified atom stereocenters. The number of benzene rings is 1. The lowest BCUT2D eigenvalue weighted by Crippen LogP contribution is -2.46. The third-order valence-electron chi connectivity index (χ3n) is 6.42. The zero-order valence-electron chi connectivity index (χ0n) is 17.2. The second kappa shape index (κ2) is 10.1. The van der Waals surface area contributed by atoms with E-state index in [9.17, 15) is 9.59 Å². The summed E-state index contributed by atoms with van der Waals surface area (Å²) >= 11 is 0. The fourth-order valence-electron chi connectivity index (χ4n) is 4.55. The molecule has 28 heavy (non-hydrogen) atoms. The summed E-state index contributed by atoms with van der Waals surface area (Å²) in [7, 11) is 0. The monoisotopic (exact) mass is 385 g/mol. The number of piperidine rings is 2. The maximum absolute atomic E-state index is 12.6. The first-order valence-electron chi connectivity index (χ1n) is 10.9. The topological polar surface area (TPSA) is 66.6 Å². The summed E-state index contributed by atoms with van der Waals surface area (Å²) in [6.45, 7) is 5.11. The van der Waals surface area contributed by atoms with Gasteiger partial charge in [-0.15, -0.1) is 0 Å². The van der Waals surface area contributed by atoms with Crippen molar-refractivity contribution in [1.82, 2.24) is 9.80 Å².